The molecule has 4 aliphatic heterocycles. The van der Waals surface area contributed by atoms with Crippen LogP contribution < -0.4 is 11.5 Å². The van der Waals surface area contributed by atoms with Crippen molar-refractivity contribution in [1.29, 1.82) is 0 Å². The second kappa shape index (κ2) is 7.17. The lowest BCUT2D eigenvalue weighted by molar-refractivity contribution is -0.124. The molecule has 2 bridgehead atoms. The summed E-state index contributed by atoms with van der Waals surface area (Å²) in [5.74, 6) is -0.440. The molecule has 0 saturated carbocycles. The normalized spacial score (nSPS) is 33.9. The SMILES string of the molecule is NC(=O)C1CCN(C2=CC(N3CCC(C(N)=O)CC3)C3COC2O3)CC1. The Labute approximate surface area is 153 Å². The molecule has 26 heavy (non-hydrogen) atoms. The molecule has 4 rings (SSSR count). The van der Waals surface area contributed by atoms with Gasteiger partial charge in [0.1, 0.15) is 6.10 Å². The molecule has 2 amide bonds. The first-order valence-corrected chi connectivity index (χ1v) is 9.59. The number of rotatable bonds is 4. The summed E-state index contributed by atoms with van der Waals surface area (Å²) in [5, 5.41) is 0. The van der Waals surface area contributed by atoms with Crippen LogP contribution in [0, 0.1) is 11.8 Å². The minimum absolute atomic E-state index is 0.0142. The molecule has 4 aliphatic rings. The topological polar surface area (TPSA) is 111 Å². The average molecular weight is 364 g/mol. The standard InChI is InChI=1S/C18H28N4O4/c19-16(23)11-1-5-21(6-2-11)13-9-14(18-25-10-15(13)26-18)22-7-3-12(4-8-22)17(20)24/h9,11-13,15,18H,1-8,10H2,(H2,19,23)(H2,20,24). The lowest BCUT2D eigenvalue weighted by Crippen LogP contribution is -2.51. The van der Waals surface area contributed by atoms with E-state index in [1.165, 1.54) is 0 Å². The zero-order chi connectivity index (χ0) is 18.3. The minimum Gasteiger partial charge on any atom is -0.371 e. The van der Waals surface area contributed by atoms with Gasteiger partial charge in [-0.2, -0.15) is 0 Å². The summed E-state index contributed by atoms with van der Waals surface area (Å²) in [6.45, 7) is 3.86. The zero-order valence-electron chi connectivity index (χ0n) is 15.0. The van der Waals surface area contributed by atoms with E-state index in [2.05, 4.69) is 15.9 Å². The predicted molar refractivity (Wildman–Crippen MR) is 93.5 cm³/mol. The number of nitrogens with zero attached hydrogens (tertiary/aromatic N) is 2. The van der Waals surface area contributed by atoms with Crippen LogP contribution in [0.4, 0.5) is 0 Å². The zero-order valence-corrected chi connectivity index (χ0v) is 15.0. The molecule has 0 aromatic heterocycles. The first-order chi connectivity index (χ1) is 12.5. The van der Waals surface area contributed by atoms with Crippen molar-refractivity contribution in [3.05, 3.63) is 11.8 Å². The molecule has 0 spiro atoms. The Hall–Kier alpha value is -1.64. The third kappa shape index (κ3) is 3.33. The molecule has 0 aromatic carbocycles. The highest BCUT2D eigenvalue weighted by Gasteiger charge is 2.44. The molecule has 3 unspecified atom stereocenters. The number of hydrogen-bond acceptors (Lipinski definition) is 6. The van der Waals surface area contributed by atoms with E-state index in [4.69, 9.17) is 20.9 Å². The number of likely N-dealkylation sites (tertiary alicyclic amines) is 2. The fourth-order valence-electron chi connectivity index (χ4n) is 4.61. The van der Waals surface area contributed by atoms with E-state index in [9.17, 15) is 9.59 Å². The van der Waals surface area contributed by atoms with E-state index in [-0.39, 0.29) is 42.1 Å². The largest absolute Gasteiger partial charge is 0.371 e. The summed E-state index contributed by atoms with van der Waals surface area (Å²) in [6.07, 6.45) is 5.17. The van der Waals surface area contributed by atoms with Crippen LogP contribution in [-0.4, -0.2) is 72.8 Å². The molecular weight excluding hydrogens is 336 g/mol. The number of piperidine rings is 2. The first kappa shape index (κ1) is 17.8. The number of ether oxygens (including phenoxy) is 2. The number of carbonyl (C=O) groups excluding carboxylic acids is 2. The van der Waals surface area contributed by atoms with Gasteiger partial charge in [0, 0.05) is 24.9 Å². The van der Waals surface area contributed by atoms with Crippen molar-refractivity contribution in [2.24, 2.45) is 23.3 Å². The van der Waals surface area contributed by atoms with Crippen molar-refractivity contribution in [2.45, 2.75) is 44.1 Å². The van der Waals surface area contributed by atoms with Crippen LogP contribution in [-0.2, 0) is 19.1 Å². The second-order valence-electron chi connectivity index (χ2n) is 7.80. The Morgan fingerprint density at radius 1 is 0.962 bits per heavy atom. The smallest absolute Gasteiger partial charge is 0.220 e. The van der Waals surface area contributed by atoms with Gasteiger partial charge in [-0.05, 0) is 44.8 Å². The van der Waals surface area contributed by atoms with E-state index in [0.29, 0.717) is 6.61 Å². The van der Waals surface area contributed by atoms with Crippen molar-refractivity contribution >= 4 is 11.8 Å². The Kier molecular flexibility index (Phi) is 4.90. The first-order valence-electron chi connectivity index (χ1n) is 9.59. The van der Waals surface area contributed by atoms with Crippen LogP contribution >= 0.6 is 0 Å². The Morgan fingerprint density at radius 3 is 2.12 bits per heavy atom. The van der Waals surface area contributed by atoms with E-state index < -0.39 is 0 Å². The average Bonchev–Trinajstić information content (AvgIpc) is 3.05. The number of hydrogen-bond donors (Lipinski definition) is 2. The predicted octanol–water partition coefficient (Wildman–Crippen LogP) is -0.611. The van der Waals surface area contributed by atoms with Crippen molar-refractivity contribution < 1.29 is 19.1 Å². The molecule has 4 heterocycles. The Morgan fingerprint density at radius 2 is 1.54 bits per heavy atom. The van der Waals surface area contributed by atoms with E-state index in [1.807, 2.05) is 0 Å². The van der Waals surface area contributed by atoms with Crippen LogP contribution in [0.1, 0.15) is 25.7 Å². The molecule has 4 N–H and O–H groups in total. The number of carbonyl (C=O) groups is 2. The molecule has 0 aliphatic carbocycles. The van der Waals surface area contributed by atoms with Gasteiger partial charge in [0.25, 0.3) is 0 Å². The van der Waals surface area contributed by atoms with Crippen molar-refractivity contribution in [3.63, 3.8) is 0 Å². The fraction of sp³-hybridized carbons (Fsp3) is 0.778. The van der Waals surface area contributed by atoms with Crippen molar-refractivity contribution in [2.75, 3.05) is 32.8 Å². The molecular formula is C18H28N4O4. The van der Waals surface area contributed by atoms with Gasteiger partial charge in [0.05, 0.1) is 18.3 Å². The number of primary amides is 2. The summed E-state index contributed by atoms with van der Waals surface area (Å²) in [6, 6.07) is 0.159. The van der Waals surface area contributed by atoms with Crippen LogP contribution in [0.3, 0.4) is 0 Å². The molecule has 0 radical (unpaired) electrons. The maximum Gasteiger partial charge on any atom is 0.220 e. The molecule has 3 saturated heterocycles. The van der Waals surface area contributed by atoms with Gasteiger partial charge in [-0.3, -0.25) is 14.5 Å². The summed E-state index contributed by atoms with van der Waals surface area (Å²) in [4.78, 5) is 27.5. The van der Waals surface area contributed by atoms with E-state index in [1.54, 1.807) is 0 Å². The second-order valence-corrected chi connectivity index (χ2v) is 7.80. The third-order valence-electron chi connectivity index (χ3n) is 6.29. The quantitative estimate of drug-likeness (QED) is 0.688. The van der Waals surface area contributed by atoms with Gasteiger partial charge >= 0.3 is 0 Å². The maximum absolute atomic E-state index is 11.4. The highest BCUT2D eigenvalue weighted by atomic mass is 16.7. The summed E-state index contributed by atoms with van der Waals surface area (Å²) < 4.78 is 12.0. The molecule has 8 heteroatoms. The third-order valence-corrected chi connectivity index (χ3v) is 6.29. The van der Waals surface area contributed by atoms with Crippen LogP contribution in [0.2, 0.25) is 0 Å². The van der Waals surface area contributed by atoms with Crippen molar-refractivity contribution in [1.82, 2.24) is 9.80 Å². The molecule has 3 fully saturated rings. The number of amides is 2. The highest BCUT2D eigenvalue weighted by Crippen LogP contribution is 2.35. The monoisotopic (exact) mass is 364 g/mol. The van der Waals surface area contributed by atoms with Gasteiger partial charge in [-0.15, -0.1) is 0 Å². The summed E-state index contributed by atoms with van der Waals surface area (Å²) in [7, 11) is 0. The van der Waals surface area contributed by atoms with Crippen LogP contribution in [0.25, 0.3) is 0 Å². The maximum atomic E-state index is 11.4. The minimum atomic E-state index is -0.301. The summed E-state index contributed by atoms with van der Waals surface area (Å²) >= 11 is 0. The molecule has 144 valence electrons. The van der Waals surface area contributed by atoms with Crippen LogP contribution in [0.15, 0.2) is 11.8 Å². The molecule has 8 nitrogen and oxygen atoms in total. The number of nitrogens with two attached hydrogens (primary N) is 2. The van der Waals surface area contributed by atoms with Gasteiger partial charge < -0.3 is 25.8 Å². The molecule has 0 aromatic rings. The van der Waals surface area contributed by atoms with Crippen LogP contribution in [0.5, 0.6) is 0 Å². The van der Waals surface area contributed by atoms with E-state index >= 15 is 0 Å². The lowest BCUT2D eigenvalue weighted by atomic mass is 9.93. The Bertz CT molecular complexity index is 594. The molecule has 3 atom stereocenters. The van der Waals surface area contributed by atoms with E-state index in [0.717, 1.165) is 57.6 Å². The number of fused-ring (bicyclic) bond motifs is 2. The van der Waals surface area contributed by atoms with Gasteiger partial charge in [0.15, 0.2) is 6.29 Å². The van der Waals surface area contributed by atoms with Gasteiger partial charge in [0.2, 0.25) is 11.8 Å². The Balaban J connectivity index is 1.44. The summed E-state index contributed by atoms with van der Waals surface area (Å²) in [5.41, 5.74) is 12.0. The highest BCUT2D eigenvalue weighted by molar-refractivity contribution is 5.77. The van der Waals surface area contributed by atoms with Gasteiger partial charge in [-0.25, -0.2) is 0 Å². The lowest BCUT2D eigenvalue weighted by Gasteiger charge is -2.42. The van der Waals surface area contributed by atoms with Gasteiger partial charge in [-0.1, -0.05) is 0 Å². The fourth-order valence-corrected chi connectivity index (χ4v) is 4.61. The van der Waals surface area contributed by atoms with Crippen molar-refractivity contribution in [3.8, 4) is 0 Å².